The van der Waals surface area contributed by atoms with E-state index in [1.165, 1.54) is 0 Å². The maximum Gasteiger partial charge on any atom is 0.306 e. The summed E-state index contributed by atoms with van der Waals surface area (Å²) < 4.78 is 23.1. The number of esters is 1. The smallest absolute Gasteiger partial charge is 0.306 e. The first-order valence-electron chi connectivity index (χ1n) is 14.2. The minimum absolute atomic E-state index is 0.0316. The minimum atomic E-state index is -1.15. The summed E-state index contributed by atoms with van der Waals surface area (Å²) in [6.07, 6.45) is 2.92. The summed E-state index contributed by atoms with van der Waals surface area (Å²) in [4.78, 5) is 12.5. The van der Waals surface area contributed by atoms with Gasteiger partial charge in [0.25, 0.3) is 0 Å². The monoisotopic (exact) mass is 559 g/mol. The molecule has 3 N–H and O–H groups in total. The van der Waals surface area contributed by atoms with Crippen LogP contribution in [0.4, 0.5) is 0 Å². The van der Waals surface area contributed by atoms with Crippen LogP contribution in [0, 0.1) is 0 Å². The third-order valence-corrected chi connectivity index (χ3v) is 7.17. The standard InChI is InChI=1S/C33H42BNO6/c1-38-28-18-14-26(15-19-28)33(25-11-7-6-8-12-25,27-16-20-29(39-2)21-17-27)40-24-30(36)31(23-34)41-32(37)13-9-4-3-5-10-22-35/h6-8,11-12,14-21,30-31,36H,3-5,9-10,13,22-24,35H2,1-2H3/t30-,31-/m1/s1. The summed E-state index contributed by atoms with van der Waals surface area (Å²) in [6, 6.07) is 25.0. The van der Waals surface area contributed by atoms with E-state index in [0.29, 0.717) is 18.0 Å². The molecule has 0 aromatic heterocycles. The van der Waals surface area contributed by atoms with Gasteiger partial charge in [-0.1, -0.05) is 73.9 Å². The lowest BCUT2D eigenvalue weighted by Gasteiger charge is -2.37. The molecule has 0 heterocycles. The van der Waals surface area contributed by atoms with E-state index in [-0.39, 0.29) is 25.3 Å². The average molecular weight is 560 g/mol. The van der Waals surface area contributed by atoms with E-state index in [4.69, 9.17) is 32.5 Å². The molecule has 0 fully saturated rings. The van der Waals surface area contributed by atoms with E-state index in [2.05, 4.69) is 0 Å². The van der Waals surface area contributed by atoms with Gasteiger partial charge < -0.3 is 29.8 Å². The molecule has 2 radical (unpaired) electrons. The molecule has 0 aliphatic rings. The summed E-state index contributed by atoms with van der Waals surface area (Å²) in [5.41, 5.74) is 6.95. The van der Waals surface area contributed by atoms with Crippen molar-refractivity contribution in [1.29, 1.82) is 0 Å². The van der Waals surface area contributed by atoms with Crippen LogP contribution in [-0.4, -0.2) is 58.5 Å². The Balaban J connectivity index is 1.85. The third-order valence-electron chi connectivity index (χ3n) is 7.17. The lowest BCUT2D eigenvalue weighted by atomic mass is 9.80. The van der Waals surface area contributed by atoms with E-state index in [9.17, 15) is 9.90 Å². The lowest BCUT2D eigenvalue weighted by Crippen LogP contribution is -2.40. The van der Waals surface area contributed by atoms with Crippen LogP contribution in [0.5, 0.6) is 11.5 Å². The summed E-state index contributed by atoms with van der Waals surface area (Å²) >= 11 is 0. The van der Waals surface area contributed by atoms with Gasteiger partial charge in [-0.3, -0.25) is 4.79 Å². The number of carbonyl (C=O) groups is 1. The molecule has 3 aromatic rings. The number of unbranched alkanes of at least 4 members (excludes halogenated alkanes) is 4. The molecule has 0 amide bonds. The van der Waals surface area contributed by atoms with Gasteiger partial charge in [-0.2, -0.15) is 0 Å². The highest BCUT2D eigenvalue weighted by atomic mass is 16.6. The van der Waals surface area contributed by atoms with Gasteiger partial charge in [0.05, 0.1) is 28.7 Å². The number of rotatable bonds is 18. The van der Waals surface area contributed by atoms with Crippen molar-refractivity contribution in [3.05, 3.63) is 95.6 Å². The second kappa shape index (κ2) is 16.8. The molecule has 3 rings (SSSR count). The second-order valence-electron chi connectivity index (χ2n) is 9.95. The average Bonchev–Trinajstić information content (AvgIpc) is 3.02. The zero-order valence-corrected chi connectivity index (χ0v) is 24.2. The van der Waals surface area contributed by atoms with Gasteiger partial charge in [0, 0.05) is 6.42 Å². The van der Waals surface area contributed by atoms with Crippen molar-refractivity contribution >= 4 is 13.8 Å². The van der Waals surface area contributed by atoms with Crippen LogP contribution in [0.15, 0.2) is 78.9 Å². The molecule has 3 aromatic carbocycles. The highest BCUT2D eigenvalue weighted by Crippen LogP contribution is 2.42. The highest BCUT2D eigenvalue weighted by molar-refractivity contribution is 6.09. The Bertz CT molecular complexity index is 1110. The fraction of sp³-hybridized carbons (Fsp3) is 0.424. The topological polar surface area (TPSA) is 100 Å². The van der Waals surface area contributed by atoms with Crippen molar-refractivity contribution in [2.45, 2.75) is 62.7 Å². The molecule has 41 heavy (non-hydrogen) atoms. The molecule has 2 atom stereocenters. The van der Waals surface area contributed by atoms with Crippen molar-refractivity contribution in [2.75, 3.05) is 27.4 Å². The molecule has 0 aliphatic carbocycles. The van der Waals surface area contributed by atoms with E-state index < -0.39 is 17.8 Å². The quantitative estimate of drug-likeness (QED) is 0.0960. The Hall–Kier alpha value is -3.33. The fourth-order valence-corrected chi connectivity index (χ4v) is 4.85. The number of methoxy groups -OCH3 is 2. The predicted molar refractivity (Wildman–Crippen MR) is 161 cm³/mol. The maximum atomic E-state index is 12.5. The van der Waals surface area contributed by atoms with Crippen LogP contribution in [0.3, 0.4) is 0 Å². The molecule has 7 nitrogen and oxygen atoms in total. The number of nitrogens with two attached hydrogens (primary N) is 1. The molecular formula is C33H42BNO6. The van der Waals surface area contributed by atoms with Gasteiger partial charge in [-0.05, 0) is 66.7 Å². The first-order valence-corrected chi connectivity index (χ1v) is 14.2. The molecule has 8 heteroatoms. The van der Waals surface area contributed by atoms with Crippen LogP contribution in [-0.2, 0) is 19.9 Å². The van der Waals surface area contributed by atoms with Crippen molar-refractivity contribution < 1.29 is 28.8 Å². The third kappa shape index (κ3) is 8.83. The number of benzene rings is 3. The lowest BCUT2D eigenvalue weighted by molar-refractivity contribution is -0.157. The molecule has 0 saturated carbocycles. The van der Waals surface area contributed by atoms with Crippen LogP contribution in [0.1, 0.15) is 55.2 Å². The Morgan fingerprint density at radius 3 is 1.83 bits per heavy atom. The van der Waals surface area contributed by atoms with Crippen LogP contribution in [0.2, 0.25) is 6.32 Å². The molecule has 0 bridgehead atoms. The van der Waals surface area contributed by atoms with Crippen LogP contribution >= 0.6 is 0 Å². The predicted octanol–water partition coefficient (Wildman–Crippen LogP) is 5.17. The summed E-state index contributed by atoms with van der Waals surface area (Å²) in [5.74, 6) is 1.04. The van der Waals surface area contributed by atoms with E-state index in [0.717, 1.165) is 48.8 Å². The van der Waals surface area contributed by atoms with Gasteiger partial charge in [0.2, 0.25) is 0 Å². The number of hydrogen-bond acceptors (Lipinski definition) is 7. The summed E-state index contributed by atoms with van der Waals surface area (Å²) in [7, 11) is 9.17. The molecule has 0 spiro atoms. The zero-order valence-electron chi connectivity index (χ0n) is 24.2. The molecule has 218 valence electrons. The van der Waals surface area contributed by atoms with Crippen molar-refractivity contribution in [3.63, 3.8) is 0 Å². The Morgan fingerprint density at radius 1 is 0.805 bits per heavy atom. The largest absolute Gasteiger partial charge is 0.497 e. The maximum absolute atomic E-state index is 12.5. The molecule has 0 unspecified atom stereocenters. The highest BCUT2D eigenvalue weighted by Gasteiger charge is 2.39. The normalized spacial score (nSPS) is 12.9. The van der Waals surface area contributed by atoms with Crippen molar-refractivity contribution in [3.8, 4) is 11.5 Å². The summed E-state index contributed by atoms with van der Waals surface area (Å²) in [6.45, 7) is 0.545. The first-order chi connectivity index (χ1) is 20.0. The number of hydrogen-bond donors (Lipinski definition) is 2. The first kappa shape index (κ1) is 32.2. The Labute approximate surface area is 245 Å². The number of aliphatic hydroxyl groups excluding tert-OH is 1. The second-order valence-corrected chi connectivity index (χ2v) is 9.95. The molecule has 0 saturated heterocycles. The number of ether oxygens (including phenoxy) is 4. The zero-order chi connectivity index (χ0) is 29.5. The minimum Gasteiger partial charge on any atom is -0.497 e. The number of carbonyl (C=O) groups excluding carboxylic acids is 1. The van der Waals surface area contributed by atoms with Gasteiger partial charge >= 0.3 is 5.97 Å². The van der Waals surface area contributed by atoms with Crippen LogP contribution in [0.25, 0.3) is 0 Å². The fourth-order valence-electron chi connectivity index (χ4n) is 4.85. The van der Waals surface area contributed by atoms with Gasteiger partial charge in [-0.25, -0.2) is 0 Å². The van der Waals surface area contributed by atoms with Gasteiger partial charge in [0.15, 0.2) is 0 Å². The van der Waals surface area contributed by atoms with Gasteiger partial charge in [0.1, 0.15) is 29.3 Å². The van der Waals surface area contributed by atoms with Crippen molar-refractivity contribution in [1.82, 2.24) is 0 Å². The van der Waals surface area contributed by atoms with Gasteiger partial charge in [-0.15, -0.1) is 0 Å². The van der Waals surface area contributed by atoms with E-state index in [1.807, 2.05) is 78.9 Å². The SMILES string of the molecule is [B]C[C@@H](OC(=O)CCCCCCCN)[C@H](O)COC(c1ccccc1)(c1ccc(OC)cc1)c1ccc(OC)cc1. The Morgan fingerprint density at radius 2 is 1.32 bits per heavy atom. The summed E-state index contributed by atoms with van der Waals surface area (Å²) in [5, 5.41) is 11.2. The van der Waals surface area contributed by atoms with Crippen molar-refractivity contribution in [2.24, 2.45) is 5.73 Å². The molecule has 0 aliphatic heterocycles. The van der Waals surface area contributed by atoms with E-state index >= 15 is 0 Å². The van der Waals surface area contributed by atoms with E-state index in [1.54, 1.807) is 14.2 Å². The number of aliphatic hydroxyl groups is 1. The van der Waals surface area contributed by atoms with Crippen LogP contribution < -0.4 is 15.2 Å². The molecular weight excluding hydrogens is 517 g/mol. The Kier molecular flexibility index (Phi) is 13.2.